The highest BCUT2D eigenvalue weighted by molar-refractivity contribution is 6.32. The first-order valence-electron chi connectivity index (χ1n) is 12.6. The molecular weight excluding hydrogens is 472 g/mol. The first-order valence-corrected chi connectivity index (χ1v) is 12.6. The van der Waals surface area contributed by atoms with Crippen molar-refractivity contribution in [1.82, 2.24) is 4.90 Å². The van der Waals surface area contributed by atoms with Crippen LogP contribution >= 0.6 is 0 Å². The number of carbonyl (C=O) groups excluding carboxylic acids is 3. The van der Waals surface area contributed by atoms with Crippen LogP contribution in [0.1, 0.15) is 45.1 Å². The van der Waals surface area contributed by atoms with E-state index in [1.54, 1.807) is 26.4 Å². The van der Waals surface area contributed by atoms with Gasteiger partial charge in [0.2, 0.25) is 11.8 Å². The van der Waals surface area contributed by atoms with E-state index in [-0.39, 0.29) is 24.3 Å². The molecule has 2 heterocycles. The summed E-state index contributed by atoms with van der Waals surface area (Å²) in [7, 11) is 3.11. The number of allylic oxidation sites excluding steroid dienone is 1. The Balaban J connectivity index is 1.56. The van der Waals surface area contributed by atoms with Crippen LogP contribution in [0.4, 0.5) is 17.1 Å². The van der Waals surface area contributed by atoms with Gasteiger partial charge in [0.1, 0.15) is 6.54 Å². The van der Waals surface area contributed by atoms with Crippen LogP contribution in [-0.2, 0) is 14.4 Å². The van der Waals surface area contributed by atoms with Gasteiger partial charge in [-0.3, -0.25) is 14.4 Å². The third kappa shape index (κ3) is 5.55. The monoisotopic (exact) mass is 506 g/mol. The van der Waals surface area contributed by atoms with Crippen molar-refractivity contribution in [1.29, 1.82) is 0 Å². The van der Waals surface area contributed by atoms with E-state index in [2.05, 4.69) is 10.6 Å². The molecule has 37 heavy (non-hydrogen) atoms. The summed E-state index contributed by atoms with van der Waals surface area (Å²) >= 11 is 0. The molecule has 0 unspecified atom stereocenters. The summed E-state index contributed by atoms with van der Waals surface area (Å²) in [5, 5.41) is 6.27. The molecule has 1 fully saturated rings. The Hall–Kier alpha value is -4.01. The predicted molar refractivity (Wildman–Crippen MR) is 144 cm³/mol. The number of methoxy groups -OCH3 is 2. The van der Waals surface area contributed by atoms with Crippen LogP contribution in [0.15, 0.2) is 42.1 Å². The van der Waals surface area contributed by atoms with Crippen LogP contribution in [0.25, 0.3) is 5.57 Å². The number of nitrogens with one attached hydrogen (secondary N) is 2. The minimum absolute atomic E-state index is 0.0224. The number of anilines is 3. The van der Waals surface area contributed by atoms with E-state index in [9.17, 15) is 14.4 Å². The smallest absolute Gasteiger partial charge is 0.258 e. The Morgan fingerprint density at radius 2 is 1.68 bits per heavy atom. The molecule has 2 aromatic carbocycles. The molecule has 0 aliphatic carbocycles. The molecule has 9 heteroatoms. The van der Waals surface area contributed by atoms with Gasteiger partial charge in [0.05, 0.1) is 25.5 Å². The van der Waals surface area contributed by atoms with Gasteiger partial charge in [-0.2, -0.15) is 0 Å². The number of nitrogens with zero attached hydrogens (tertiary/aromatic N) is 2. The third-order valence-electron chi connectivity index (χ3n) is 6.78. The fraction of sp³-hybridized carbons (Fsp3) is 0.393. The van der Waals surface area contributed by atoms with E-state index in [4.69, 9.17) is 9.47 Å². The fourth-order valence-electron chi connectivity index (χ4n) is 4.79. The van der Waals surface area contributed by atoms with Crippen LogP contribution in [0.5, 0.6) is 11.5 Å². The van der Waals surface area contributed by atoms with Crippen LogP contribution < -0.4 is 25.0 Å². The summed E-state index contributed by atoms with van der Waals surface area (Å²) in [6.45, 7) is 4.96. The first kappa shape index (κ1) is 26.1. The second-order valence-electron chi connectivity index (χ2n) is 9.13. The molecule has 1 saturated heterocycles. The van der Waals surface area contributed by atoms with E-state index in [1.165, 1.54) is 11.8 Å². The number of carbonyl (C=O) groups is 3. The molecule has 0 radical (unpaired) electrons. The maximum atomic E-state index is 12.9. The highest BCUT2D eigenvalue weighted by Gasteiger charge is 2.29. The van der Waals surface area contributed by atoms with Crippen LogP contribution in [0, 0.1) is 0 Å². The molecule has 3 amide bonds. The SMILES string of the molecule is CC/C(Nc1ccc(N(CC(=O)N2CCCCC2)C(C)=O)cc1)=C1/C(=O)Nc2cc(OC)c(OC)cc21. The van der Waals surface area contributed by atoms with Crippen molar-refractivity contribution in [3.8, 4) is 11.5 Å². The van der Waals surface area contributed by atoms with Crippen LogP contribution in [0.2, 0.25) is 0 Å². The standard InChI is InChI=1S/C28H34N4O5/c1-5-22(27-21-15-24(36-3)25(37-4)16-23(21)30-28(27)35)29-19-9-11-20(12-10-19)32(18(2)33)17-26(34)31-13-7-6-8-14-31/h9-12,15-16,29H,5-8,13-14,17H2,1-4H3,(H,30,35)/b27-22-. The lowest BCUT2D eigenvalue weighted by Crippen LogP contribution is -2.44. The van der Waals surface area contributed by atoms with E-state index in [1.807, 2.05) is 36.1 Å². The number of rotatable bonds is 8. The molecule has 9 nitrogen and oxygen atoms in total. The molecule has 0 atom stereocenters. The minimum atomic E-state index is -0.203. The number of hydrogen-bond acceptors (Lipinski definition) is 6. The fourth-order valence-corrected chi connectivity index (χ4v) is 4.79. The molecule has 2 aromatic rings. The Bertz CT molecular complexity index is 1220. The molecule has 0 bridgehead atoms. The Morgan fingerprint density at radius 1 is 1.03 bits per heavy atom. The lowest BCUT2D eigenvalue weighted by molar-refractivity contribution is -0.132. The Labute approximate surface area is 217 Å². The molecule has 2 N–H and O–H groups in total. The van der Waals surface area contributed by atoms with Crippen molar-refractivity contribution < 1.29 is 23.9 Å². The summed E-state index contributed by atoms with van der Waals surface area (Å²) < 4.78 is 10.8. The van der Waals surface area contributed by atoms with Crippen molar-refractivity contribution in [2.45, 2.75) is 39.5 Å². The van der Waals surface area contributed by atoms with Gasteiger partial charge in [-0.05, 0) is 56.0 Å². The second-order valence-corrected chi connectivity index (χ2v) is 9.13. The van der Waals surface area contributed by atoms with E-state index in [0.717, 1.165) is 49.3 Å². The number of piperidine rings is 1. The minimum Gasteiger partial charge on any atom is -0.493 e. The second kappa shape index (κ2) is 11.4. The summed E-state index contributed by atoms with van der Waals surface area (Å²) in [5.74, 6) is 0.654. The predicted octanol–water partition coefficient (Wildman–Crippen LogP) is 4.25. The average Bonchev–Trinajstić information content (AvgIpc) is 3.24. The number of benzene rings is 2. The topological polar surface area (TPSA) is 100 Å². The lowest BCUT2D eigenvalue weighted by Gasteiger charge is -2.29. The maximum absolute atomic E-state index is 12.9. The lowest BCUT2D eigenvalue weighted by atomic mass is 10.0. The number of ether oxygens (including phenoxy) is 2. The van der Waals surface area contributed by atoms with Gasteiger partial charge in [-0.25, -0.2) is 0 Å². The highest BCUT2D eigenvalue weighted by Crippen LogP contribution is 2.42. The molecule has 196 valence electrons. The molecule has 4 rings (SSSR count). The van der Waals surface area contributed by atoms with E-state index >= 15 is 0 Å². The molecule has 2 aliphatic heterocycles. The van der Waals surface area contributed by atoms with Gasteiger partial charge in [0.25, 0.3) is 5.91 Å². The van der Waals surface area contributed by atoms with E-state index in [0.29, 0.717) is 34.9 Å². The van der Waals surface area contributed by atoms with Crippen molar-refractivity contribution >= 4 is 40.4 Å². The number of hydrogen-bond donors (Lipinski definition) is 2. The highest BCUT2D eigenvalue weighted by atomic mass is 16.5. The molecule has 0 spiro atoms. The quantitative estimate of drug-likeness (QED) is 0.519. The average molecular weight is 507 g/mol. The molecular formula is C28H34N4O5. The van der Waals surface area contributed by atoms with Gasteiger partial charge >= 0.3 is 0 Å². The zero-order chi connectivity index (χ0) is 26.5. The number of amides is 3. The molecule has 2 aliphatic rings. The Morgan fingerprint density at radius 3 is 2.27 bits per heavy atom. The maximum Gasteiger partial charge on any atom is 0.258 e. The molecule has 0 saturated carbocycles. The summed E-state index contributed by atoms with van der Waals surface area (Å²) in [5.41, 5.74) is 4.11. The van der Waals surface area contributed by atoms with Crippen molar-refractivity contribution in [3.05, 3.63) is 47.7 Å². The van der Waals surface area contributed by atoms with Gasteiger partial charge in [-0.15, -0.1) is 0 Å². The number of likely N-dealkylation sites (tertiary alicyclic amines) is 1. The summed E-state index contributed by atoms with van der Waals surface area (Å²) in [6.07, 6.45) is 3.73. The number of fused-ring (bicyclic) bond motifs is 1. The first-order chi connectivity index (χ1) is 17.9. The summed E-state index contributed by atoms with van der Waals surface area (Å²) in [6, 6.07) is 10.8. The summed E-state index contributed by atoms with van der Waals surface area (Å²) in [4.78, 5) is 41.4. The van der Waals surface area contributed by atoms with E-state index < -0.39 is 0 Å². The van der Waals surface area contributed by atoms with Crippen LogP contribution in [0.3, 0.4) is 0 Å². The molecule has 0 aromatic heterocycles. The van der Waals surface area contributed by atoms with Crippen molar-refractivity contribution in [2.24, 2.45) is 0 Å². The Kier molecular flexibility index (Phi) is 8.01. The normalized spacial score (nSPS) is 16.0. The van der Waals surface area contributed by atoms with Gasteiger partial charge in [0, 0.05) is 48.7 Å². The van der Waals surface area contributed by atoms with Crippen molar-refractivity contribution in [2.75, 3.05) is 49.4 Å². The zero-order valence-corrected chi connectivity index (χ0v) is 21.8. The van der Waals surface area contributed by atoms with Gasteiger partial charge in [0.15, 0.2) is 11.5 Å². The van der Waals surface area contributed by atoms with Gasteiger partial charge < -0.3 is 29.9 Å². The third-order valence-corrected chi connectivity index (χ3v) is 6.78. The zero-order valence-electron chi connectivity index (χ0n) is 21.8. The van der Waals surface area contributed by atoms with Crippen molar-refractivity contribution in [3.63, 3.8) is 0 Å². The van der Waals surface area contributed by atoms with Crippen LogP contribution in [-0.4, -0.2) is 56.5 Å². The van der Waals surface area contributed by atoms with Gasteiger partial charge in [-0.1, -0.05) is 6.92 Å². The largest absolute Gasteiger partial charge is 0.493 e.